The molecule has 0 aromatic heterocycles. The van der Waals surface area contributed by atoms with Crippen LogP contribution < -0.4 is 10.3 Å². The lowest BCUT2D eigenvalue weighted by Gasteiger charge is -2.28. The van der Waals surface area contributed by atoms with Crippen LogP contribution in [0.4, 0.5) is 15.8 Å². The van der Waals surface area contributed by atoms with Crippen molar-refractivity contribution in [2.45, 2.75) is 12.5 Å². The van der Waals surface area contributed by atoms with Gasteiger partial charge in [-0.2, -0.15) is 0 Å². The molecular weight excluding hydrogens is 459 g/mol. The summed E-state index contributed by atoms with van der Waals surface area (Å²) in [6, 6.07) is 15.9. The summed E-state index contributed by atoms with van der Waals surface area (Å²) in [5.41, 5.74) is 2.11. The number of imide groups is 1. The number of carbonyl (C=O) groups is 4. The third-order valence-electron chi connectivity index (χ3n) is 5.30. The number of nitrogens with one attached hydrogen (secondary N) is 1. The molecule has 35 heavy (non-hydrogen) atoms. The Balaban J connectivity index is 1.68. The van der Waals surface area contributed by atoms with Gasteiger partial charge < -0.3 is 0 Å². The number of hydrogen-bond donors (Lipinski definition) is 1. The molecule has 10 nitrogen and oxygen atoms in total. The minimum atomic E-state index is -1.40. The van der Waals surface area contributed by atoms with Crippen molar-refractivity contribution in [2.75, 3.05) is 4.90 Å². The van der Waals surface area contributed by atoms with Crippen molar-refractivity contribution in [3.8, 4) is 0 Å². The molecule has 11 heteroatoms. The molecule has 0 saturated carbocycles. The third-order valence-corrected chi connectivity index (χ3v) is 5.30. The molecule has 1 aliphatic rings. The average molecular weight is 476 g/mol. The second-order valence-electron chi connectivity index (χ2n) is 7.55. The van der Waals surface area contributed by atoms with Gasteiger partial charge in [0.15, 0.2) is 0 Å². The summed E-state index contributed by atoms with van der Waals surface area (Å²) in [6.45, 7) is 0. The molecule has 4 rings (SSSR count). The van der Waals surface area contributed by atoms with Crippen LogP contribution >= 0.6 is 0 Å². The van der Waals surface area contributed by atoms with Crippen molar-refractivity contribution in [1.82, 2.24) is 10.4 Å². The number of non-ortho nitro benzene ring substituents is 1. The number of nitro benzene ring substituents is 1. The highest BCUT2D eigenvalue weighted by Crippen LogP contribution is 2.26. The van der Waals surface area contributed by atoms with Crippen molar-refractivity contribution < 1.29 is 28.5 Å². The van der Waals surface area contributed by atoms with E-state index in [0.717, 1.165) is 28.1 Å². The normalized spacial score (nSPS) is 15.1. The third kappa shape index (κ3) is 4.74. The first-order valence-electron chi connectivity index (χ1n) is 10.3. The Morgan fingerprint density at radius 2 is 1.63 bits per heavy atom. The van der Waals surface area contributed by atoms with Crippen molar-refractivity contribution in [2.24, 2.45) is 0 Å². The molecule has 0 aliphatic carbocycles. The van der Waals surface area contributed by atoms with Crippen molar-refractivity contribution >= 4 is 35.0 Å². The summed E-state index contributed by atoms with van der Waals surface area (Å²) in [5.74, 6) is -3.67. The Morgan fingerprint density at radius 1 is 0.971 bits per heavy atom. The minimum Gasteiger partial charge on any atom is -0.274 e. The Labute approximate surface area is 197 Å². The van der Waals surface area contributed by atoms with Crippen LogP contribution in [0.2, 0.25) is 0 Å². The first-order chi connectivity index (χ1) is 16.8. The summed E-state index contributed by atoms with van der Waals surface area (Å²) < 4.78 is 13.3. The largest absolute Gasteiger partial charge is 0.274 e. The molecule has 0 radical (unpaired) electrons. The van der Waals surface area contributed by atoms with E-state index >= 15 is 0 Å². The van der Waals surface area contributed by atoms with E-state index in [2.05, 4.69) is 5.43 Å². The first kappa shape index (κ1) is 23.2. The zero-order valence-electron chi connectivity index (χ0n) is 18.0. The van der Waals surface area contributed by atoms with E-state index in [0.29, 0.717) is 0 Å². The van der Waals surface area contributed by atoms with E-state index in [-0.39, 0.29) is 22.5 Å². The molecular formula is C24H17FN4O6. The summed E-state index contributed by atoms with van der Waals surface area (Å²) in [5, 5.41) is 11.8. The minimum absolute atomic E-state index is 0.112. The van der Waals surface area contributed by atoms with Crippen LogP contribution in [0.5, 0.6) is 0 Å². The standard InChI is InChI=1S/C24H17FN4O6/c25-17-9-11-18(12-10-17)27-21(30)14-20(24(27)33)28(23(32)15-5-2-1-3-6-15)26-22(31)16-7-4-8-19(13-16)29(34)35/h1-13,20H,14H2,(H,26,31). The fourth-order valence-electron chi connectivity index (χ4n) is 3.60. The lowest BCUT2D eigenvalue weighted by molar-refractivity contribution is -0.384. The van der Waals surface area contributed by atoms with Crippen molar-refractivity contribution in [3.05, 3.63) is 106 Å². The summed E-state index contributed by atoms with van der Waals surface area (Å²) in [7, 11) is 0. The molecule has 3 aromatic carbocycles. The van der Waals surface area contributed by atoms with Gasteiger partial charge in [-0.25, -0.2) is 14.3 Å². The van der Waals surface area contributed by atoms with E-state index in [1.54, 1.807) is 18.2 Å². The molecule has 1 heterocycles. The van der Waals surface area contributed by atoms with Gasteiger partial charge in [-0.3, -0.25) is 34.7 Å². The number of hydrazine groups is 1. The zero-order chi connectivity index (χ0) is 25.1. The SMILES string of the molecule is O=C(NN(C(=O)c1ccccc1)C1CC(=O)N(c2ccc(F)cc2)C1=O)c1cccc([N+](=O)[O-])c1. The number of nitrogens with zero attached hydrogens (tertiary/aromatic N) is 3. The Bertz CT molecular complexity index is 1330. The maximum atomic E-state index is 13.3. The lowest BCUT2D eigenvalue weighted by Crippen LogP contribution is -2.54. The van der Waals surface area contributed by atoms with Crippen LogP contribution in [-0.2, 0) is 9.59 Å². The monoisotopic (exact) mass is 476 g/mol. The molecule has 1 fully saturated rings. The Morgan fingerprint density at radius 3 is 2.29 bits per heavy atom. The highest BCUT2D eigenvalue weighted by Gasteiger charge is 2.45. The second-order valence-corrected chi connectivity index (χ2v) is 7.55. The highest BCUT2D eigenvalue weighted by molar-refractivity contribution is 6.23. The van der Waals surface area contributed by atoms with Crippen LogP contribution in [0.25, 0.3) is 0 Å². The molecule has 0 spiro atoms. The molecule has 1 atom stereocenters. The van der Waals surface area contributed by atoms with Crippen LogP contribution in [0.3, 0.4) is 0 Å². The van der Waals surface area contributed by atoms with E-state index in [1.165, 1.54) is 42.5 Å². The molecule has 1 N–H and O–H groups in total. The zero-order valence-corrected chi connectivity index (χ0v) is 18.0. The van der Waals surface area contributed by atoms with Gasteiger partial charge in [-0.05, 0) is 42.5 Å². The number of anilines is 1. The fraction of sp³-hybridized carbons (Fsp3) is 0.0833. The van der Waals surface area contributed by atoms with Gasteiger partial charge in [0.25, 0.3) is 23.4 Å². The molecule has 3 aromatic rings. The average Bonchev–Trinajstić information content (AvgIpc) is 3.16. The van der Waals surface area contributed by atoms with Gasteiger partial charge in [0.05, 0.1) is 17.0 Å². The van der Waals surface area contributed by atoms with Gasteiger partial charge in [-0.15, -0.1) is 0 Å². The summed E-state index contributed by atoms with van der Waals surface area (Å²) in [4.78, 5) is 63.3. The first-order valence-corrected chi connectivity index (χ1v) is 10.3. The predicted molar refractivity (Wildman–Crippen MR) is 120 cm³/mol. The van der Waals surface area contributed by atoms with E-state index in [4.69, 9.17) is 0 Å². The highest BCUT2D eigenvalue weighted by atomic mass is 19.1. The number of nitro groups is 1. The van der Waals surface area contributed by atoms with Gasteiger partial charge in [0.2, 0.25) is 5.91 Å². The van der Waals surface area contributed by atoms with Crippen molar-refractivity contribution in [3.63, 3.8) is 0 Å². The number of hydrogen-bond acceptors (Lipinski definition) is 6. The number of carbonyl (C=O) groups excluding carboxylic acids is 4. The summed E-state index contributed by atoms with van der Waals surface area (Å²) >= 11 is 0. The smallest absolute Gasteiger partial charge is 0.273 e. The van der Waals surface area contributed by atoms with Crippen LogP contribution in [0, 0.1) is 15.9 Å². The molecule has 176 valence electrons. The topological polar surface area (TPSA) is 130 Å². The Kier molecular flexibility index (Phi) is 6.32. The predicted octanol–water partition coefficient (Wildman–Crippen LogP) is 2.85. The van der Waals surface area contributed by atoms with Crippen molar-refractivity contribution in [1.29, 1.82) is 0 Å². The van der Waals surface area contributed by atoms with Crippen LogP contribution in [-0.4, -0.2) is 39.6 Å². The van der Waals surface area contributed by atoms with Gasteiger partial charge in [0, 0.05) is 23.3 Å². The Hall–Kier alpha value is -4.93. The second kappa shape index (κ2) is 9.51. The van der Waals surface area contributed by atoms with Gasteiger partial charge in [-0.1, -0.05) is 24.3 Å². The van der Waals surface area contributed by atoms with Gasteiger partial charge >= 0.3 is 0 Å². The quantitative estimate of drug-likeness (QED) is 0.342. The maximum absolute atomic E-state index is 13.3. The van der Waals surface area contributed by atoms with Crippen LogP contribution in [0.1, 0.15) is 27.1 Å². The maximum Gasteiger partial charge on any atom is 0.273 e. The fourth-order valence-corrected chi connectivity index (χ4v) is 3.60. The summed E-state index contributed by atoms with van der Waals surface area (Å²) in [6.07, 6.45) is -0.440. The molecule has 1 saturated heterocycles. The molecule has 1 aliphatic heterocycles. The lowest BCUT2D eigenvalue weighted by atomic mass is 10.1. The molecule has 4 amide bonds. The van der Waals surface area contributed by atoms with Gasteiger partial charge in [0.1, 0.15) is 11.9 Å². The number of rotatable bonds is 5. The van der Waals surface area contributed by atoms with E-state index < -0.39 is 46.8 Å². The molecule has 0 bridgehead atoms. The van der Waals surface area contributed by atoms with Crippen LogP contribution in [0.15, 0.2) is 78.9 Å². The molecule has 1 unspecified atom stereocenters. The number of halogens is 1. The van der Waals surface area contributed by atoms with E-state index in [1.807, 2.05) is 0 Å². The number of amides is 4. The number of benzene rings is 3. The van der Waals surface area contributed by atoms with E-state index in [9.17, 15) is 33.7 Å².